The number of carbonyl (C=O) groups is 1. The van der Waals surface area contributed by atoms with Gasteiger partial charge in [-0.05, 0) is 93.3 Å². The molecule has 8 nitrogen and oxygen atoms in total. The molecule has 0 unspecified atom stereocenters. The fourth-order valence-corrected chi connectivity index (χ4v) is 6.94. The Morgan fingerprint density at radius 1 is 1.09 bits per heavy atom. The first-order valence-corrected chi connectivity index (χ1v) is 15.6. The summed E-state index contributed by atoms with van der Waals surface area (Å²) in [4.78, 5) is 28.8. The van der Waals surface area contributed by atoms with Gasteiger partial charge in [0.15, 0.2) is 5.94 Å². The highest BCUT2D eigenvalue weighted by molar-refractivity contribution is 6.02. The summed E-state index contributed by atoms with van der Waals surface area (Å²) in [6.45, 7) is 11.2. The Kier molecular flexibility index (Phi) is 9.71. The van der Waals surface area contributed by atoms with E-state index in [0.29, 0.717) is 56.1 Å². The van der Waals surface area contributed by atoms with E-state index in [1.165, 1.54) is 0 Å². The Balaban J connectivity index is 1.72. The third-order valence-electron chi connectivity index (χ3n) is 9.25. The van der Waals surface area contributed by atoms with Crippen LogP contribution in [0.1, 0.15) is 67.9 Å². The van der Waals surface area contributed by atoms with Crippen LogP contribution in [0, 0.1) is 18.3 Å². The second-order valence-corrected chi connectivity index (χ2v) is 11.9. The van der Waals surface area contributed by atoms with Crippen molar-refractivity contribution in [1.29, 1.82) is 5.26 Å². The number of nitrogens with one attached hydrogen (secondary N) is 2. The van der Waals surface area contributed by atoms with E-state index >= 15 is 0 Å². The molecule has 0 spiro atoms. The summed E-state index contributed by atoms with van der Waals surface area (Å²) in [5, 5.41) is 17.0. The minimum absolute atomic E-state index is 0.149. The predicted molar refractivity (Wildman–Crippen MR) is 172 cm³/mol. The topological polar surface area (TPSA) is 104 Å². The molecule has 230 valence electrons. The molecule has 2 N–H and O–H groups in total. The minimum Gasteiger partial charge on any atom is -0.381 e. The van der Waals surface area contributed by atoms with Gasteiger partial charge in [-0.3, -0.25) is 4.79 Å². The highest BCUT2D eigenvalue weighted by Gasteiger charge is 2.42. The zero-order valence-corrected chi connectivity index (χ0v) is 26.2. The van der Waals surface area contributed by atoms with E-state index in [-0.39, 0.29) is 18.5 Å². The average molecular weight is 595 g/mol. The largest absolute Gasteiger partial charge is 0.381 e. The number of benzene rings is 2. The number of rotatable bonds is 8. The van der Waals surface area contributed by atoms with Crippen LogP contribution in [0.5, 0.6) is 0 Å². The van der Waals surface area contributed by atoms with Crippen LogP contribution < -0.4 is 15.5 Å². The van der Waals surface area contributed by atoms with E-state index in [0.717, 1.165) is 58.6 Å². The van der Waals surface area contributed by atoms with Crippen molar-refractivity contribution in [3.05, 3.63) is 81.7 Å². The van der Waals surface area contributed by atoms with Crippen LogP contribution in [0.4, 0.5) is 5.69 Å². The second-order valence-electron chi connectivity index (χ2n) is 11.9. The molecule has 3 aliphatic rings. The zero-order valence-electron chi connectivity index (χ0n) is 26.2. The summed E-state index contributed by atoms with van der Waals surface area (Å²) < 4.78 is 11.4. The molecule has 2 aromatic rings. The van der Waals surface area contributed by atoms with Crippen LogP contribution in [0.2, 0.25) is 0 Å². The molecule has 1 amide bonds. The standard InChI is InChI=1S/C36H42N4O4/c1-5-40(28-11-15-43-16-12-28)32-20-29(27-9-7-6-8-10-27)34(36(23-37)13-17-44-18-14-36)33(26(32)4)35(42)38-21-30-24(2)19-25(3)39-31(30)22-41/h6-10,19-20,28,39H,5,11-18,21H2,1-4H3,(H,38,42). The number of hydrogen-bond acceptors (Lipinski definition) is 7. The Bertz CT molecular complexity index is 1550. The van der Waals surface area contributed by atoms with Gasteiger partial charge in [0, 0.05) is 68.1 Å². The summed E-state index contributed by atoms with van der Waals surface area (Å²) in [7, 11) is 0. The lowest BCUT2D eigenvalue weighted by molar-refractivity contribution is 0.0670. The first-order chi connectivity index (χ1) is 21.3. The lowest BCUT2D eigenvalue weighted by atomic mass is 9.69. The molecule has 0 saturated carbocycles. The summed E-state index contributed by atoms with van der Waals surface area (Å²) in [6, 6.07) is 15.2. The highest BCUT2D eigenvalue weighted by atomic mass is 16.5. The van der Waals surface area contributed by atoms with Crippen molar-refractivity contribution in [2.45, 2.75) is 64.8 Å². The van der Waals surface area contributed by atoms with Crippen LogP contribution in [0.25, 0.3) is 11.1 Å². The van der Waals surface area contributed by atoms with Crippen molar-refractivity contribution in [3.8, 4) is 17.2 Å². The van der Waals surface area contributed by atoms with E-state index < -0.39 is 5.41 Å². The maximum Gasteiger partial charge on any atom is 0.252 e. The Morgan fingerprint density at radius 2 is 1.77 bits per heavy atom. The molecule has 0 aromatic heterocycles. The number of anilines is 1. The summed E-state index contributed by atoms with van der Waals surface area (Å²) >= 11 is 0. The first-order valence-electron chi connectivity index (χ1n) is 15.6. The normalized spacial score (nSPS) is 18.5. The molecule has 44 heavy (non-hydrogen) atoms. The van der Waals surface area contributed by atoms with Gasteiger partial charge in [-0.2, -0.15) is 5.26 Å². The third-order valence-corrected chi connectivity index (χ3v) is 9.25. The lowest BCUT2D eigenvalue weighted by Crippen LogP contribution is -2.41. The zero-order chi connectivity index (χ0) is 31.3. The van der Waals surface area contributed by atoms with E-state index in [9.17, 15) is 14.9 Å². The molecule has 2 fully saturated rings. The van der Waals surface area contributed by atoms with Crippen molar-refractivity contribution in [2.75, 3.05) is 44.4 Å². The van der Waals surface area contributed by atoms with Crippen LogP contribution >= 0.6 is 0 Å². The van der Waals surface area contributed by atoms with Crippen LogP contribution in [0.3, 0.4) is 0 Å². The summed E-state index contributed by atoms with van der Waals surface area (Å²) in [6.07, 6.45) is 4.76. The summed E-state index contributed by atoms with van der Waals surface area (Å²) in [5.41, 5.74) is 6.84. The molecule has 8 heteroatoms. The van der Waals surface area contributed by atoms with Crippen molar-refractivity contribution in [3.63, 3.8) is 0 Å². The highest BCUT2D eigenvalue weighted by Crippen LogP contribution is 2.46. The summed E-state index contributed by atoms with van der Waals surface area (Å²) in [5.74, 6) is 1.73. The van der Waals surface area contributed by atoms with Gasteiger partial charge >= 0.3 is 0 Å². The molecular weight excluding hydrogens is 552 g/mol. The molecule has 0 aliphatic carbocycles. The van der Waals surface area contributed by atoms with E-state index in [2.05, 4.69) is 34.6 Å². The number of carbonyl (C=O) groups excluding carboxylic acids is 2. The van der Waals surface area contributed by atoms with Crippen molar-refractivity contribution >= 4 is 17.5 Å². The quantitative estimate of drug-likeness (QED) is 0.389. The van der Waals surface area contributed by atoms with Gasteiger partial charge in [-0.25, -0.2) is 4.79 Å². The first kappa shape index (κ1) is 31.3. The van der Waals surface area contributed by atoms with E-state index in [1.54, 1.807) is 0 Å². The molecular formula is C36H42N4O4. The Labute approximate surface area is 260 Å². The van der Waals surface area contributed by atoms with Gasteiger partial charge in [0.25, 0.3) is 5.91 Å². The van der Waals surface area contributed by atoms with Gasteiger partial charge in [-0.1, -0.05) is 30.3 Å². The van der Waals surface area contributed by atoms with Crippen LogP contribution in [0.15, 0.2) is 65.0 Å². The fraction of sp³-hybridized carbons (Fsp3) is 0.444. The minimum atomic E-state index is -0.898. The fourth-order valence-electron chi connectivity index (χ4n) is 6.94. The van der Waals surface area contributed by atoms with Crippen LogP contribution in [-0.2, 0) is 19.7 Å². The van der Waals surface area contributed by atoms with Gasteiger partial charge in [0.1, 0.15) is 5.70 Å². The van der Waals surface area contributed by atoms with E-state index in [4.69, 9.17) is 9.47 Å². The lowest BCUT2D eigenvalue weighted by Gasteiger charge is -2.39. The SMILES string of the molecule is CCN(c1cc(-c2ccccc2)c(C2(C#N)CCOCC2)c(C(=O)NCC2=C(C)C=C(C)NC2=C=O)c1C)C1CCOCC1. The molecule has 0 bridgehead atoms. The third kappa shape index (κ3) is 6.09. The molecule has 0 radical (unpaired) electrons. The van der Waals surface area contributed by atoms with Gasteiger partial charge in [0.05, 0.1) is 11.5 Å². The van der Waals surface area contributed by atoms with Crippen molar-refractivity contribution in [1.82, 2.24) is 10.6 Å². The number of nitriles is 1. The van der Waals surface area contributed by atoms with E-state index in [1.807, 2.05) is 63.1 Å². The van der Waals surface area contributed by atoms with Gasteiger partial charge < -0.3 is 25.0 Å². The molecule has 0 atom stereocenters. The van der Waals surface area contributed by atoms with Crippen molar-refractivity contribution < 1.29 is 19.1 Å². The van der Waals surface area contributed by atoms with Crippen molar-refractivity contribution in [2.24, 2.45) is 0 Å². The molecule has 3 aliphatic heterocycles. The number of amides is 1. The molecule has 5 rings (SSSR count). The average Bonchev–Trinajstić information content (AvgIpc) is 3.05. The number of dihydropyridines is 1. The number of nitrogens with zero attached hydrogens (tertiary/aromatic N) is 2. The number of allylic oxidation sites excluding steroid dienone is 3. The maximum absolute atomic E-state index is 14.6. The Hall–Kier alpha value is -4.15. The second kappa shape index (κ2) is 13.7. The predicted octanol–water partition coefficient (Wildman–Crippen LogP) is 5.51. The molecule has 2 aromatic carbocycles. The molecule has 3 heterocycles. The Morgan fingerprint density at radius 3 is 2.41 bits per heavy atom. The number of hydrogen-bond donors (Lipinski definition) is 2. The smallest absolute Gasteiger partial charge is 0.252 e. The van der Waals surface area contributed by atoms with Gasteiger partial charge in [0.2, 0.25) is 0 Å². The monoisotopic (exact) mass is 594 g/mol. The van der Waals surface area contributed by atoms with Gasteiger partial charge in [-0.15, -0.1) is 0 Å². The number of ether oxygens (including phenoxy) is 2. The van der Waals surface area contributed by atoms with Crippen LogP contribution in [-0.4, -0.2) is 57.4 Å². The maximum atomic E-state index is 14.6. The molecule has 2 saturated heterocycles.